The van der Waals surface area contributed by atoms with E-state index < -0.39 is 53.6 Å². The first kappa shape index (κ1) is 28.2. The summed E-state index contributed by atoms with van der Waals surface area (Å²) < 4.78 is 90.6. The van der Waals surface area contributed by atoms with Crippen LogP contribution in [0.5, 0.6) is 0 Å². The highest BCUT2D eigenvalue weighted by molar-refractivity contribution is 6.01. The smallest absolute Gasteiger partial charge is 0.416 e. The standard InChI is InChI=1S/C25H19F6N3O4/c1-3-37-22(35)14(2)38-23(36)16(11-32)9-17-13-34(21-20(17)5-4-6-33-21)12-15-7-18(24(26,27)28)10-19(8-15)25(29,30)31/h4-10,13-14H,3,12H2,1-2H3/b16-9+/t14-/m0/s1. The van der Waals surface area contributed by atoms with Gasteiger partial charge in [0.05, 0.1) is 17.7 Å². The average molecular weight is 539 g/mol. The van der Waals surface area contributed by atoms with E-state index in [0.717, 1.165) is 6.08 Å². The monoisotopic (exact) mass is 539 g/mol. The molecule has 0 aliphatic heterocycles. The number of nitrogens with zero attached hydrogens (tertiary/aromatic N) is 3. The highest BCUT2D eigenvalue weighted by atomic mass is 19.4. The molecule has 0 spiro atoms. The summed E-state index contributed by atoms with van der Waals surface area (Å²) >= 11 is 0. The van der Waals surface area contributed by atoms with Gasteiger partial charge in [0.25, 0.3) is 0 Å². The van der Waals surface area contributed by atoms with Crippen molar-refractivity contribution in [3.63, 3.8) is 0 Å². The lowest BCUT2D eigenvalue weighted by atomic mass is 10.0. The number of carbonyl (C=O) groups excluding carboxylic acids is 2. The molecule has 0 amide bonds. The number of alkyl halides is 6. The molecule has 13 heteroatoms. The first-order valence-corrected chi connectivity index (χ1v) is 11.0. The molecule has 200 valence electrons. The molecule has 0 radical (unpaired) electrons. The maximum absolute atomic E-state index is 13.3. The maximum Gasteiger partial charge on any atom is 0.416 e. The highest BCUT2D eigenvalue weighted by Gasteiger charge is 2.37. The number of pyridine rings is 1. The molecule has 2 aromatic heterocycles. The molecule has 0 fully saturated rings. The summed E-state index contributed by atoms with van der Waals surface area (Å²) in [7, 11) is 0. The van der Waals surface area contributed by atoms with Crippen molar-refractivity contribution in [2.45, 2.75) is 38.8 Å². The third kappa shape index (κ3) is 6.50. The van der Waals surface area contributed by atoms with Crippen molar-refractivity contribution in [1.82, 2.24) is 9.55 Å². The van der Waals surface area contributed by atoms with Crippen LogP contribution in [0.25, 0.3) is 17.1 Å². The van der Waals surface area contributed by atoms with E-state index in [1.54, 1.807) is 19.1 Å². The second kappa shape index (κ2) is 11.0. The van der Waals surface area contributed by atoms with Crippen molar-refractivity contribution in [1.29, 1.82) is 5.26 Å². The Balaban J connectivity index is 2.02. The average Bonchev–Trinajstić information content (AvgIpc) is 3.18. The number of benzene rings is 1. The summed E-state index contributed by atoms with van der Waals surface area (Å²) in [5, 5.41) is 9.83. The Kier molecular flexibility index (Phi) is 8.14. The number of nitriles is 1. The fraction of sp³-hybridized carbons (Fsp3) is 0.280. The number of halogens is 6. The Bertz CT molecular complexity index is 1400. The molecule has 0 aliphatic rings. The molecule has 0 aliphatic carbocycles. The van der Waals surface area contributed by atoms with E-state index in [1.807, 2.05) is 0 Å². The predicted octanol–water partition coefficient (Wildman–Crippen LogP) is 5.52. The second-order valence-electron chi connectivity index (χ2n) is 7.97. The minimum absolute atomic E-state index is 0.0335. The molecular formula is C25H19F6N3O4. The van der Waals surface area contributed by atoms with Gasteiger partial charge in [0, 0.05) is 29.9 Å². The lowest BCUT2D eigenvalue weighted by Gasteiger charge is -2.14. The molecule has 0 saturated carbocycles. The molecular weight excluding hydrogens is 520 g/mol. The molecule has 0 saturated heterocycles. The van der Waals surface area contributed by atoms with Crippen LogP contribution in [-0.2, 0) is 38.0 Å². The first-order valence-electron chi connectivity index (χ1n) is 11.0. The van der Waals surface area contributed by atoms with Crippen LogP contribution in [-0.4, -0.2) is 34.2 Å². The summed E-state index contributed by atoms with van der Waals surface area (Å²) in [5.74, 6) is -1.95. The molecule has 7 nitrogen and oxygen atoms in total. The third-order valence-electron chi connectivity index (χ3n) is 5.21. The van der Waals surface area contributed by atoms with Gasteiger partial charge in [-0.25, -0.2) is 14.6 Å². The van der Waals surface area contributed by atoms with E-state index in [2.05, 4.69) is 4.98 Å². The fourth-order valence-corrected chi connectivity index (χ4v) is 3.52. The number of hydrogen-bond donors (Lipinski definition) is 0. The first-order chi connectivity index (χ1) is 17.7. The highest BCUT2D eigenvalue weighted by Crippen LogP contribution is 2.36. The van der Waals surface area contributed by atoms with E-state index in [4.69, 9.17) is 9.47 Å². The molecule has 1 aromatic carbocycles. The molecule has 0 unspecified atom stereocenters. The Morgan fingerprint density at radius 2 is 1.76 bits per heavy atom. The number of aromatic nitrogens is 2. The zero-order chi connectivity index (χ0) is 28.3. The zero-order valence-electron chi connectivity index (χ0n) is 19.9. The minimum atomic E-state index is -5.01. The number of esters is 2. The van der Waals surface area contributed by atoms with Gasteiger partial charge in [-0.15, -0.1) is 0 Å². The number of hydrogen-bond acceptors (Lipinski definition) is 6. The molecule has 0 N–H and O–H groups in total. The van der Waals surface area contributed by atoms with E-state index in [9.17, 15) is 41.2 Å². The number of ether oxygens (including phenoxy) is 2. The Morgan fingerprint density at radius 3 is 2.32 bits per heavy atom. The lowest BCUT2D eigenvalue weighted by Crippen LogP contribution is -2.26. The van der Waals surface area contributed by atoms with Gasteiger partial charge in [-0.2, -0.15) is 31.6 Å². The van der Waals surface area contributed by atoms with E-state index in [1.165, 1.54) is 30.0 Å². The third-order valence-corrected chi connectivity index (χ3v) is 5.21. The lowest BCUT2D eigenvalue weighted by molar-refractivity contribution is -0.163. The summed E-state index contributed by atoms with van der Waals surface area (Å²) in [6.07, 6.45) is -7.52. The van der Waals surface area contributed by atoms with Gasteiger partial charge >= 0.3 is 24.3 Å². The van der Waals surface area contributed by atoms with E-state index >= 15 is 0 Å². The van der Waals surface area contributed by atoms with Gasteiger partial charge in [-0.3, -0.25) is 0 Å². The van der Waals surface area contributed by atoms with Gasteiger partial charge in [0.2, 0.25) is 0 Å². The topological polar surface area (TPSA) is 94.2 Å². The summed E-state index contributed by atoms with van der Waals surface area (Å²) in [6, 6.07) is 5.96. The molecule has 2 heterocycles. The summed E-state index contributed by atoms with van der Waals surface area (Å²) in [6.45, 7) is 2.43. The quantitative estimate of drug-likeness (QED) is 0.170. The van der Waals surface area contributed by atoms with Gasteiger partial charge in [0.15, 0.2) is 6.10 Å². The van der Waals surface area contributed by atoms with Gasteiger partial charge < -0.3 is 14.0 Å². The Hall–Kier alpha value is -4.34. The summed E-state index contributed by atoms with van der Waals surface area (Å²) in [4.78, 5) is 28.3. The number of rotatable bonds is 7. The van der Waals surface area contributed by atoms with E-state index in [0.29, 0.717) is 17.5 Å². The van der Waals surface area contributed by atoms with Crippen LogP contribution in [0.2, 0.25) is 0 Å². The van der Waals surface area contributed by atoms with Crippen molar-refractivity contribution >= 4 is 29.0 Å². The molecule has 38 heavy (non-hydrogen) atoms. The van der Waals surface area contributed by atoms with Crippen molar-refractivity contribution in [2.24, 2.45) is 0 Å². The van der Waals surface area contributed by atoms with Crippen LogP contribution in [0.1, 0.15) is 36.1 Å². The van der Waals surface area contributed by atoms with E-state index in [-0.39, 0.29) is 29.4 Å². The van der Waals surface area contributed by atoms with Crippen molar-refractivity contribution in [3.05, 3.63) is 70.6 Å². The number of fused-ring (bicyclic) bond motifs is 1. The predicted molar refractivity (Wildman–Crippen MR) is 121 cm³/mol. The summed E-state index contributed by atoms with van der Waals surface area (Å²) in [5.41, 5.74) is -3.34. The number of carbonyl (C=O) groups is 2. The largest absolute Gasteiger partial charge is 0.463 e. The fourth-order valence-electron chi connectivity index (χ4n) is 3.52. The second-order valence-corrected chi connectivity index (χ2v) is 7.97. The Labute approximate surface area is 211 Å². The van der Waals surface area contributed by atoms with Crippen LogP contribution in [0.15, 0.2) is 48.3 Å². The van der Waals surface area contributed by atoms with Crippen LogP contribution >= 0.6 is 0 Å². The van der Waals surface area contributed by atoms with Gasteiger partial charge in [0.1, 0.15) is 17.3 Å². The zero-order valence-corrected chi connectivity index (χ0v) is 19.9. The van der Waals surface area contributed by atoms with Crippen LogP contribution in [0.4, 0.5) is 26.3 Å². The SMILES string of the molecule is CCOC(=O)[C@H](C)OC(=O)/C(C#N)=C/c1cn(Cc2cc(C(F)(F)F)cc(C(F)(F)F)c2)c2ncccc12. The minimum Gasteiger partial charge on any atom is -0.463 e. The molecule has 3 aromatic rings. The van der Waals surface area contributed by atoms with Crippen molar-refractivity contribution in [2.75, 3.05) is 6.61 Å². The van der Waals surface area contributed by atoms with Crippen LogP contribution in [0, 0.1) is 11.3 Å². The van der Waals surface area contributed by atoms with Crippen molar-refractivity contribution in [3.8, 4) is 6.07 Å². The molecule has 1 atom stereocenters. The Morgan fingerprint density at radius 1 is 1.13 bits per heavy atom. The maximum atomic E-state index is 13.3. The van der Waals surface area contributed by atoms with Crippen molar-refractivity contribution < 1.29 is 45.4 Å². The molecule has 0 bridgehead atoms. The van der Waals surface area contributed by atoms with Gasteiger partial charge in [-0.05, 0) is 55.8 Å². The van der Waals surface area contributed by atoms with Crippen LogP contribution in [0.3, 0.4) is 0 Å². The normalized spacial score (nSPS) is 13.2. The van der Waals surface area contributed by atoms with Crippen LogP contribution < -0.4 is 0 Å². The van der Waals surface area contributed by atoms with Gasteiger partial charge in [-0.1, -0.05) is 0 Å². The molecule has 3 rings (SSSR count).